The smallest absolute Gasteiger partial charge is 0.264 e. The number of piperidine rings is 1. The molecular weight excluding hydrogens is 734 g/mol. The molecule has 0 radical (unpaired) electrons. The molecule has 4 aromatic carbocycles. The number of hydrogen-bond donors (Lipinski definition) is 3. The molecule has 7 rings (SSSR count). The number of hydrogen-bond acceptors (Lipinski definition) is 9. The van der Waals surface area contributed by atoms with Gasteiger partial charge in [-0.3, -0.25) is 39.1 Å². The molecule has 288 valence electrons. The SMILES string of the molecule is O=C1CCC(N2C(=O)c3cccc(NCC(=O)N4CCN(CCOc5ccc(C(=C(CCCl)c6ccccc6)c6ccc(O)cc6)cc5)CC4)c3C2=O)C(=O)N1. The third-order valence-corrected chi connectivity index (χ3v) is 10.6. The number of phenols is 1. The molecule has 1 unspecified atom stereocenters. The number of allylic oxidation sites excluding steroid dienone is 1. The molecule has 2 saturated heterocycles. The first-order chi connectivity index (χ1) is 27.2. The maximum atomic E-state index is 13.4. The van der Waals surface area contributed by atoms with E-state index in [0.29, 0.717) is 57.3 Å². The number of phenolic OH excluding ortho intramolecular Hbond substituents is 1. The van der Waals surface area contributed by atoms with Crippen LogP contribution in [0.5, 0.6) is 11.5 Å². The first-order valence-electron chi connectivity index (χ1n) is 18.7. The fraction of sp³-hybridized carbons (Fsp3) is 0.279. The molecule has 1 atom stereocenters. The van der Waals surface area contributed by atoms with Crippen LogP contribution in [0.3, 0.4) is 0 Å². The van der Waals surface area contributed by atoms with Gasteiger partial charge in [-0.2, -0.15) is 0 Å². The van der Waals surface area contributed by atoms with Gasteiger partial charge >= 0.3 is 0 Å². The second-order valence-corrected chi connectivity index (χ2v) is 14.2. The summed E-state index contributed by atoms with van der Waals surface area (Å²) in [4.78, 5) is 68.7. The van der Waals surface area contributed by atoms with Gasteiger partial charge in [0.25, 0.3) is 11.8 Å². The van der Waals surface area contributed by atoms with Gasteiger partial charge in [-0.15, -0.1) is 11.6 Å². The number of alkyl halides is 1. The van der Waals surface area contributed by atoms with Crippen LogP contribution in [0.1, 0.15) is 56.7 Å². The van der Waals surface area contributed by atoms with Crippen molar-refractivity contribution >= 4 is 58.0 Å². The van der Waals surface area contributed by atoms with Gasteiger partial charge < -0.3 is 20.1 Å². The van der Waals surface area contributed by atoms with E-state index in [1.807, 2.05) is 54.6 Å². The van der Waals surface area contributed by atoms with E-state index in [4.69, 9.17) is 16.3 Å². The molecule has 0 aromatic heterocycles. The molecule has 3 aliphatic rings. The van der Waals surface area contributed by atoms with Crippen LogP contribution in [0.25, 0.3) is 11.1 Å². The van der Waals surface area contributed by atoms with E-state index in [1.165, 1.54) is 6.07 Å². The van der Waals surface area contributed by atoms with Gasteiger partial charge in [0.1, 0.15) is 24.1 Å². The van der Waals surface area contributed by atoms with E-state index >= 15 is 0 Å². The topological polar surface area (TPSA) is 149 Å². The Hall–Kier alpha value is -5.98. The number of anilines is 1. The van der Waals surface area contributed by atoms with Gasteiger partial charge in [-0.05, 0) is 77.1 Å². The Kier molecular flexibility index (Phi) is 11.8. The number of ether oxygens (including phenoxy) is 1. The number of amides is 5. The lowest BCUT2D eigenvalue weighted by Crippen LogP contribution is -2.54. The van der Waals surface area contributed by atoms with Crippen molar-refractivity contribution in [2.24, 2.45) is 0 Å². The lowest BCUT2D eigenvalue weighted by molar-refractivity contribution is -0.136. The van der Waals surface area contributed by atoms with Crippen LogP contribution in [0.2, 0.25) is 0 Å². The molecule has 0 saturated carbocycles. The minimum absolute atomic E-state index is 0.0344. The summed E-state index contributed by atoms with van der Waals surface area (Å²) in [5, 5.41) is 15.2. The van der Waals surface area contributed by atoms with Gasteiger partial charge in [0.15, 0.2) is 0 Å². The molecular formula is C43H42ClN5O7. The summed E-state index contributed by atoms with van der Waals surface area (Å²) in [6, 6.07) is 29.1. The average molecular weight is 776 g/mol. The number of carbonyl (C=O) groups is 5. The van der Waals surface area contributed by atoms with Crippen molar-refractivity contribution in [2.75, 3.05) is 57.1 Å². The highest BCUT2D eigenvalue weighted by molar-refractivity contribution is 6.25. The third-order valence-electron chi connectivity index (χ3n) is 10.4. The first kappa shape index (κ1) is 38.3. The Morgan fingerprint density at radius 2 is 1.52 bits per heavy atom. The second-order valence-electron chi connectivity index (χ2n) is 13.8. The zero-order valence-corrected chi connectivity index (χ0v) is 31.5. The molecule has 0 bridgehead atoms. The van der Waals surface area contributed by atoms with E-state index in [0.717, 1.165) is 38.5 Å². The van der Waals surface area contributed by atoms with Gasteiger partial charge in [-0.25, -0.2) is 0 Å². The second kappa shape index (κ2) is 17.2. The van der Waals surface area contributed by atoms with E-state index in [2.05, 4.69) is 27.7 Å². The number of benzene rings is 4. The van der Waals surface area contributed by atoms with Crippen LogP contribution in [-0.2, 0) is 14.4 Å². The summed E-state index contributed by atoms with van der Waals surface area (Å²) in [6.45, 7) is 3.49. The number of carbonyl (C=O) groups excluding carboxylic acids is 5. The zero-order valence-electron chi connectivity index (χ0n) is 30.7. The summed E-state index contributed by atoms with van der Waals surface area (Å²) >= 11 is 6.30. The number of nitrogens with one attached hydrogen (secondary N) is 2. The summed E-state index contributed by atoms with van der Waals surface area (Å²) in [7, 11) is 0. The van der Waals surface area contributed by atoms with Gasteiger partial charge in [0, 0.05) is 50.7 Å². The van der Waals surface area contributed by atoms with Crippen molar-refractivity contribution in [1.29, 1.82) is 0 Å². The molecule has 56 heavy (non-hydrogen) atoms. The molecule has 3 heterocycles. The van der Waals surface area contributed by atoms with E-state index < -0.39 is 29.7 Å². The predicted molar refractivity (Wildman–Crippen MR) is 212 cm³/mol. The van der Waals surface area contributed by atoms with Gasteiger partial charge in [0.05, 0.1) is 17.7 Å². The fourth-order valence-corrected chi connectivity index (χ4v) is 7.66. The first-order valence-corrected chi connectivity index (χ1v) is 19.2. The Morgan fingerprint density at radius 1 is 0.821 bits per heavy atom. The molecule has 2 fully saturated rings. The number of halogens is 1. The number of nitrogens with zero attached hydrogens (tertiary/aromatic N) is 3. The quantitative estimate of drug-likeness (QED) is 0.0968. The Bertz CT molecular complexity index is 2150. The summed E-state index contributed by atoms with van der Waals surface area (Å²) in [5.74, 6) is -1.08. The normalized spacial score (nSPS) is 17.7. The number of imide groups is 2. The van der Waals surface area contributed by atoms with Crippen LogP contribution in [-0.4, -0.2) is 107 Å². The molecule has 0 aliphatic carbocycles. The number of rotatable bonds is 13. The minimum atomic E-state index is -1.06. The highest BCUT2D eigenvalue weighted by atomic mass is 35.5. The van der Waals surface area contributed by atoms with Crippen LogP contribution >= 0.6 is 11.6 Å². The van der Waals surface area contributed by atoms with Crippen molar-refractivity contribution in [3.05, 3.63) is 125 Å². The van der Waals surface area contributed by atoms with Crippen molar-refractivity contribution in [2.45, 2.75) is 25.3 Å². The number of aromatic hydroxyl groups is 1. The minimum Gasteiger partial charge on any atom is -0.508 e. The van der Waals surface area contributed by atoms with Crippen molar-refractivity contribution in [3.8, 4) is 11.5 Å². The molecule has 4 aromatic rings. The average Bonchev–Trinajstić information content (AvgIpc) is 3.47. The van der Waals surface area contributed by atoms with E-state index in [1.54, 1.807) is 29.2 Å². The number of piperazine rings is 1. The van der Waals surface area contributed by atoms with Crippen LogP contribution in [0, 0.1) is 0 Å². The monoisotopic (exact) mass is 775 g/mol. The summed E-state index contributed by atoms with van der Waals surface area (Å²) in [6.07, 6.45) is 0.767. The highest BCUT2D eigenvalue weighted by Crippen LogP contribution is 2.36. The van der Waals surface area contributed by atoms with Crippen LogP contribution < -0.4 is 15.4 Å². The third kappa shape index (κ3) is 8.31. The van der Waals surface area contributed by atoms with Crippen molar-refractivity contribution in [1.82, 2.24) is 20.0 Å². The standard InChI is InChI=1S/C43H42ClN5O7/c44-20-19-33(28-5-2-1-3-6-28)39(29-9-13-31(50)14-10-29)30-11-15-32(16-12-30)56-26-25-47-21-23-48(24-22-47)38(52)27-45-35-8-4-7-34-40(35)43(55)49(42(34)54)36-17-18-37(51)46-41(36)53/h1-16,36,45,50H,17-27H2,(H,46,51,53). The zero-order chi connectivity index (χ0) is 39.2. The summed E-state index contributed by atoms with van der Waals surface area (Å²) < 4.78 is 6.13. The molecule has 5 amide bonds. The van der Waals surface area contributed by atoms with Gasteiger partial charge in [-0.1, -0.05) is 60.7 Å². The highest BCUT2D eigenvalue weighted by Gasteiger charge is 2.45. The molecule has 0 spiro atoms. The van der Waals surface area contributed by atoms with Crippen LogP contribution in [0.15, 0.2) is 97.1 Å². The van der Waals surface area contributed by atoms with Crippen molar-refractivity contribution in [3.63, 3.8) is 0 Å². The lowest BCUT2D eigenvalue weighted by atomic mass is 9.88. The Balaban J connectivity index is 0.911. The molecule has 3 N–H and O–H groups in total. The summed E-state index contributed by atoms with van der Waals surface area (Å²) in [5.41, 5.74) is 5.83. The Labute approximate surface area is 329 Å². The maximum Gasteiger partial charge on any atom is 0.264 e. The predicted octanol–water partition coefficient (Wildman–Crippen LogP) is 5.02. The fourth-order valence-electron chi connectivity index (χ4n) is 7.47. The lowest BCUT2D eigenvalue weighted by Gasteiger charge is -2.34. The molecule has 13 heteroatoms. The Morgan fingerprint density at radius 3 is 2.20 bits per heavy atom. The largest absolute Gasteiger partial charge is 0.508 e. The van der Waals surface area contributed by atoms with Crippen molar-refractivity contribution < 1.29 is 33.8 Å². The van der Waals surface area contributed by atoms with Crippen LogP contribution in [0.4, 0.5) is 5.69 Å². The van der Waals surface area contributed by atoms with E-state index in [-0.39, 0.29) is 42.2 Å². The van der Waals surface area contributed by atoms with Gasteiger partial charge in [0.2, 0.25) is 17.7 Å². The maximum absolute atomic E-state index is 13.4. The molecule has 3 aliphatic heterocycles. The molecule has 12 nitrogen and oxygen atoms in total. The number of fused-ring (bicyclic) bond motifs is 1. The van der Waals surface area contributed by atoms with E-state index in [9.17, 15) is 29.1 Å².